The maximum atomic E-state index is 2.50. The van der Waals surface area contributed by atoms with Crippen molar-refractivity contribution in [1.29, 1.82) is 0 Å². The zero-order valence-corrected chi connectivity index (χ0v) is 18.3. The SMILES string of the molecule is CC(C)[Si](C(C)C)(C(C)C)[As](c1ccccc1)c1ccccc1. The zero-order chi connectivity index (χ0) is 17.0. The van der Waals surface area contributed by atoms with Gasteiger partial charge in [0.1, 0.15) is 0 Å². The van der Waals surface area contributed by atoms with E-state index >= 15 is 0 Å². The van der Waals surface area contributed by atoms with Crippen molar-refractivity contribution in [3.8, 4) is 0 Å². The molecule has 124 valence electrons. The van der Waals surface area contributed by atoms with Crippen LogP contribution in [0.3, 0.4) is 0 Å². The van der Waals surface area contributed by atoms with Gasteiger partial charge in [0, 0.05) is 0 Å². The van der Waals surface area contributed by atoms with Crippen molar-refractivity contribution in [3.05, 3.63) is 60.7 Å². The summed E-state index contributed by atoms with van der Waals surface area (Å²) in [5, 5.41) is 0. The van der Waals surface area contributed by atoms with Crippen LogP contribution >= 0.6 is 0 Å². The molecule has 0 bridgehead atoms. The fourth-order valence-electron chi connectivity index (χ4n) is 4.53. The summed E-state index contributed by atoms with van der Waals surface area (Å²) in [5.41, 5.74) is 2.42. The average Bonchev–Trinajstić information content (AvgIpc) is 2.52. The fraction of sp³-hybridized carbons (Fsp3) is 0.429. The summed E-state index contributed by atoms with van der Waals surface area (Å²) in [6, 6.07) is 22.9. The van der Waals surface area contributed by atoms with E-state index in [0.717, 1.165) is 16.6 Å². The van der Waals surface area contributed by atoms with Crippen LogP contribution in [-0.2, 0) is 0 Å². The Kier molecular flexibility index (Phi) is 6.34. The van der Waals surface area contributed by atoms with Crippen molar-refractivity contribution in [1.82, 2.24) is 0 Å². The van der Waals surface area contributed by atoms with Crippen LogP contribution < -0.4 is 8.70 Å². The standard InChI is InChI=1S/C21H31AsSi/c1-17(2)23(18(3)4,19(5)6)22(20-13-9-7-10-14-20)21-15-11-8-12-16-21/h7-19H,1-6H3. The van der Waals surface area contributed by atoms with E-state index in [4.69, 9.17) is 0 Å². The molecule has 0 radical (unpaired) electrons. The van der Waals surface area contributed by atoms with Crippen LogP contribution in [0.5, 0.6) is 0 Å². The van der Waals surface area contributed by atoms with E-state index in [0.29, 0.717) is 0 Å². The summed E-state index contributed by atoms with van der Waals surface area (Å²) < 4.78 is 3.29. The van der Waals surface area contributed by atoms with Gasteiger partial charge < -0.3 is 0 Å². The molecule has 0 aromatic heterocycles. The Balaban J connectivity index is 2.73. The molecular weight excluding hydrogens is 355 g/mol. The molecule has 23 heavy (non-hydrogen) atoms. The summed E-state index contributed by atoms with van der Waals surface area (Å²) in [6.07, 6.45) is 0. The second-order valence-corrected chi connectivity index (χ2v) is 23.4. The molecule has 2 aromatic rings. The van der Waals surface area contributed by atoms with Crippen molar-refractivity contribution in [2.45, 2.75) is 58.2 Å². The Hall–Kier alpha value is -0.785. The van der Waals surface area contributed by atoms with E-state index in [9.17, 15) is 0 Å². The third-order valence-electron chi connectivity index (χ3n) is 5.19. The predicted octanol–water partition coefficient (Wildman–Crippen LogP) is 5.05. The van der Waals surface area contributed by atoms with E-state index in [1.807, 2.05) is 0 Å². The molecule has 2 rings (SSSR count). The van der Waals surface area contributed by atoms with E-state index in [2.05, 4.69) is 102 Å². The number of benzene rings is 2. The molecule has 0 N–H and O–H groups in total. The van der Waals surface area contributed by atoms with E-state index in [1.54, 1.807) is 8.70 Å². The quantitative estimate of drug-likeness (QED) is 0.609. The first-order chi connectivity index (χ1) is 10.9. The van der Waals surface area contributed by atoms with Crippen LogP contribution in [0.25, 0.3) is 0 Å². The summed E-state index contributed by atoms with van der Waals surface area (Å²) >= 11 is -1.33. The third kappa shape index (κ3) is 3.51. The van der Waals surface area contributed by atoms with Crippen LogP contribution in [0.4, 0.5) is 0 Å². The van der Waals surface area contributed by atoms with E-state index < -0.39 is 20.5 Å². The molecule has 2 aromatic carbocycles. The van der Waals surface area contributed by atoms with Crippen LogP contribution in [0.1, 0.15) is 41.5 Å². The Bertz CT molecular complexity index is 528. The number of hydrogen-bond acceptors (Lipinski definition) is 0. The van der Waals surface area contributed by atoms with Gasteiger partial charge in [-0.2, -0.15) is 0 Å². The van der Waals surface area contributed by atoms with Crippen LogP contribution in [-0.4, -0.2) is 20.5 Å². The Labute approximate surface area is 148 Å². The maximum absolute atomic E-state index is 2.50. The second-order valence-electron chi connectivity index (χ2n) is 7.36. The second kappa shape index (κ2) is 7.86. The van der Waals surface area contributed by atoms with Gasteiger partial charge in [0.2, 0.25) is 0 Å². The summed E-state index contributed by atoms with van der Waals surface area (Å²) in [6.45, 7) is 13.5. The van der Waals surface area contributed by atoms with E-state index in [1.165, 1.54) is 0 Å². The van der Waals surface area contributed by atoms with Crippen molar-refractivity contribution in [2.75, 3.05) is 0 Å². The molecule has 0 atom stereocenters. The van der Waals surface area contributed by atoms with E-state index in [-0.39, 0.29) is 0 Å². The van der Waals surface area contributed by atoms with Crippen molar-refractivity contribution in [2.24, 2.45) is 0 Å². The van der Waals surface area contributed by atoms with Gasteiger partial charge in [-0.15, -0.1) is 0 Å². The van der Waals surface area contributed by atoms with Crippen molar-refractivity contribution >= 4 is 29.2 Å². The summed E-state index contributed by atoms with van der Waals surface area (Å²) in [7, 11) is 0. The molecule has 0 heterocycles. The average molecular weight is 386 g/mol. The Morgan fingerprint density at radius 2 is 0.870 bits per heavy atom. The zero-order valence-electron chi connectivity index (χ0n) is 15.5. The molecule has 0 aliphatic rings. The molecule has 0 fully saturated rings. The van der Waals surface area contributed by atoms with Crippen LogP contribution in [0, 0.1) is 0 Å². The first kappa shape index (κ1) is 18.6. The van der Waals surface area contributed by atoms with Gasteiger partial charge in [-0.05, 0) is 0 Å². The van der Waals surface area contributed by atoms with Crippen LogP contribution in [0.2, 0.25) is 16.6 Å². The van der Waals surface area contributed by atoms with Gasteiger partial charge in [-0.1, -0.05) is 0 Å². The van der Waals surface area contributed by atoms with Crippen molar-refractivity contribution in [3.63, 3.8) is 0 Å². The van der Waals surface area contributed by atoms with Gasteiger partial charge in [0.15, 0.2) is 0 Å². The molecule has 0 spiro atoms. The molecule has 0 aliphatic carbocycles. The summed E-state index contributed by atoms with van der Waals surface area (Å²) in [4.78, 5) is 0. The topological polar surface area (TPSA) is 0 Å². The Morgan fingerprint density at radius 3 is 1.13 bits per heavy atom. The molecule has 0 amide bonds. The van der Waals surface area contributed by atoms with Crippen molar-refractivity contribution < 1.29 is 0 Å². The van der Waals surface area contributed by atoms with Gasteiger partial charge in [-0.3, -0.25) is 0 Å². The van der Waals surface area contributed by atoms with Gasteiger partial charge in [-0.25, -0.2) is 0 Å². The van der Waals surface area contributed by atoms with Gasteiger partial charge in [0.25, 0.3) is 0 Å². The minimum absolute atomic E-state index is 0.808. The third-order valence-corrected chi connectivity index (χ3v) is 32.2. The fourth-order valence-corrected chi connectivity index (χ4v) is 30.5. The molecule has 0 nitrogen and oxygen atoms in total. The molecule has 0 saturated carbocycles. The van der Waals surface area contributed by atoms with Gasteiger partial charge >= 0.3 is 148 Å². The summed E-state index contributed by atoms with van der Waals surface area (Å²) in [5.74, 6) is 0. The molecule has 0 unspecified atom stereocenters. The first-order valence-corrected chi connectivity index (χ1v) is 15.7. The number of hydrogen-bond donors (Lipinski definition) is 0. The predicted molar refractivity (Wildman–Crippen MR) is 109 cm³/mol. The first-order valence-electron chi connectivity index (χ1n) is 8.82. The number of rotatable bonds is 6. The van der Waals surface area contributed by atoms with Crippen LogP contribution in [0.15, 0.2) is 60.7 Å². The monoisotopic (exact) mass is 386 g/mol. The molecule has 2 heteroatoms. The molecular formula is C21H31AsSi. The minimum atomic E-state index is -1.49. The van der Waals surface area contributed by atoms with Gasteiger partial charge in [0.05, 0.1) is 0 Å². The molecule has 0 aliphatic heterocycles. The normalized spacial score (nSPS) is 12.6. The molecule has 0 saturated heterocycles. The Morgan fingerprint density at radius 1 is 0.565 bits per heavy atom.